The number of fused-ring (bicyclic) bond motifs is 1. The van der Waals surface area contributed by atoms with Crippen LogP contribution in [0, 0.1) is 12.7 Å². The van der Waals surface area contributed by atoms with Crippen molar-refractivity contribution < 1.29 is 19.0 Å². The molecule has 3 aromatic carbocycles. The quantitative estimate of drug-likeness (QED) is 0.297. The Morgan fingerprint density at radius 3 is 2.44 bits per heavy atom. The van der Waals surface area contributed by atoms with E-state index in [0.717, 1.165) is 11.1 Å². The second-order valence-electron chi connectivity index (χ2n) is 9.27. The van der Waals surface area contributed by atoms with Crippen LogP contribution in [0.1, 0.15) is 32.0 Å². The Bertz CT molecular complexity index is 1520. The molecular weight excluding hydrogens is 465 g/mol. The Labute approximate surface area is 206 Å². The van der Waals surface area contributed by atoms with Gasteiger partial charge in [0.1, 0.15) is 22.9 Å². The SMILES string of the molecule is Cc1cc2ccc(F)cc2c(Nc2ccc(CC(C)(Nc3c(OC(C)C)c(=O)c3=O)C(=O)O)cc2)n1. The van der Waals surface area contributed by atoms with Gasteiger partial charge in [-0.05, 0) is 69.0 Å². The maximum atomic E-state index is 13.8. The van der Waals surface area contributed by atoms with E-state index < -0.39 is 22.4 Å². The molecule has 36 heavy (non-hydrogen) atoms. The summed E-state index contributed by atoms with van der Waals surface area (Å²) < 4.78 is 19.2. The fourth-order valence-electron chi connectivity index (χ4n) is 3.98. The monoisotopic (exact) mass is 491 g/mol. The van der Waals surface area contributed by atoms with Gasteiger partial charge in [0.25, 0.3) is 10.9 Å². The van der Waals surface area contributed by atoms with Gasteiger partial charge in [-0.2, -0.15) is 0 Å². The number of carbonyl (C=O) groups is 1. The number of ether oxygens (including phenoxy) is 1. The lowest BCUT2D eigenvalue weighted by atomic mass is 9.91. The highest BCUT2D eigenvalue weighted by Crippen LogP contribution is 2.29. The molecule has 186 valence electrons. The van der Waals surface area contributed by atoms with E-state index in [1.165, 1.54) is 19.1 Å². The number of carboxylic acid groups (broad SMARTS) is 1. The Balaban J connectivity index is 1.56. The molecule has 0 saturated heterocycles. The van der Waals surface area contributed by atoms with Crippen LogP contribution in [-0.4, -0.2) is 27.7 Å². The van der Waals surface area contributed by atoms with Crippen LogP contribution in [0.4, 0.5) is 21.6 Å². The van der Waals surface area contributed by atoms with E-state index in [4.69, 9.17) is 4.74 Å². The van der Waals surface area contributed by atoms with Crippen molar-refractivity contribution in [1.82, 2.24) is 4.98 Å². The fourth-order valence-corrected chi connectivity index (χ4v) is 3.98. The molecule has 0 aliphatic carbocycles. The molecule has 0 aliphatic rings. The van der Waals surface area contributed by atoms with Crippen molar-refractivity contribution in [3.63, 3.8) is 0 Å². The molecule has 9 heteroatoms. The summed E-state index contributed by atoms with van der Waals surface area (Å²) in [4.78, 5) is 40.6. The summed E-state index contributed by atoms with van der Waals surface area (Å²) in [5.74, 6) is -1.19. The molecule has 8 nitrogen and oxygen atoms in total. The highest BCUT2D eigenvalue weighted by molar-refractivity contribution is 5.93. The van der Waals surface area contributed by atoms with Crippen molar-refractivity contribution in [2.24, 2.45) is 0 Å². The summed E-state index contributed by atoms with van der Waals surface area (Å²) in [5, 5.41) is 17.3. The lowest BCUT2D eigenvalue weighted by molar-refractivity contribution is -0.141. The predicted molar refractivity (Wildman–Crippen MR) is 137 cm³/mol. The third kappa shape index (κ3) is 4.91. The topological polar surface area (TPSA) is 118 Å². The zero-order valence-electron chi connectivity index (χ0n) is 20.3. The van der Waals surface area contributed by atoms with Gasteiger partial charge in [-0.25, -0.2) is 14.2 Å². The second-order valence-corrected chi connectivity index (χ2v) is 9.27. The van der Waals surface area contributed by atoms with Gasteiger partial charge in [0.05, 0.1) is 6.10 Å². The average molecular weight is 492 g/mol. The van der Waals surface area contributed by atoms with Crippen LogP contribution in [0.15, 0.2) is 58.1 Å². The smallest absolute Gasteiger partial charge is 0.329 e. The van der Waals surface area contributed by atoms with E-state index >= 15 is 0 Å². The van der Waals surface area contributed by atoms with Gasteiger partial charge in [-0.15, -0.1) is 0 Å². The van der Waals surface area contributed by atoms with Crippen LogP contribution in [0.2, 0.25) is 0 Å². The third-order valence-corrected chi connectivity index (χ3v) is 5.79. The number of rotatable bonds is 9. The van der Waals surface area contributed by atoms with E-state index in [2.05, 4.69) is 15.6 Å². The van der Waals surface area contributed by atoms with E-state index in [1.54, 1.807) is 44.2 Å². The minimum Gasteiger partial charge on any atom is -0.485 e. The lowest BCUT2D eigenvalue weighted by Crippen LogP contribution is -2.50. The summed E-state index contributed by atoms with van der Waals surface area (Å²) in [6, 6.07) is 13.4. The van der Waals surface area contributed by atoms with Crippen LogP contribution in [-0.2, 0) is 11.2 Å². The van der Waals surface area contributed by atoms with E-state index in [0.29, 0.717) is 22.5 Å². The number of halogens is 1. The maximum Gasteiger partial charge on any atom is 0.329 e. The third-order valence-electron chi connectivity index (χ3n) is 5.79. The molecule has 0 saturated carbocycles. The first-order valence-electron chi connectivity index (χ1n) is 11.4. The first-order valence-corrected chi connectivity index (χ1v) is 11.4. The highest BCUT2D eigenvalue weighted by Gasteiger charge is 2.37. The molecule has 1 aromatic heterocycles. The molecule has 1 unspecified atom stereocenters. The van der Waals surface area contributed by atoms with Gasteiger partial charge in [0.15, 0.2) is 5.75 Å². The summed E-state index contributed by atoms with van der Waals surface area (Å²) in [5.41, 5.74) is -1.13. The number of hydrogen-bond donors (Lipinski definition) is 3. The number of nitrogens with one attached hydrogen (secondary N) is 2. The number of aryl methyl sites for hydroxylation is 1. The van der Waals surface area contributed by atoms with Crippen molar-refractivity contribution in [3.05, 3.63) is 86.1 Å². The van der Waals surface area contributed by atoms with Crippen LogP contribution in [0.25, 0.3) is 10.8 Å². The van der Waals surface area contributed by atoms with Crippen LogP contribution >= 0.6 is 0 Å². The highest BCUT2D eigenvalue weighted by atomic mass is 19.1. The van der Waals surface area contributed by atoms with Gasteiger partial charge in [-0.1, -0.05) is 18.2 Å². The molecule has 0 fully saturated rings. The molecule has 0 bridgehead atoms. The van der Waals surface area contributed by atoms with Gasteiger partial charge >= 0.3 is 5.97 Å². The van der Waals surface area contributed by atoms with Gasteiger partial charge in [0, 0.05) is 23.2 Å². The Kier molecular flexibility index (Phi) is 6.49. The van der Waals surface area contributed by atoms with Gasteiger partial charge in [-0.3, -0.25) is 9.59 Å². The molecule has 0 amide bonds. The van der Waals surface area contributed by atoms with E-state index in [-0.39, 0.29) is 29.8 Å². The molecule has 1 heterocycles. The zero-order chi connectivity index (χ0) is 26.2. The van der Waals surface area contributed by atoms with E-state index in [1.807, 2.05) is 13.0 Å². The van der Waals surface area contributed by atoms with Crippen LogP contribution < -0.4 is 26.2 Å². The Hall–Kier alpha value is -4.27. The maximum absolute atomic E-state index is 13.8. The number of aromatic nitrogens is 1. The van der Waals surface area contributed by atoms with Gasteiger partial charge < -0.3 is 20.5 Å². The lowest BCUT2D eigenvalue weighted by Gasteiger charge is -2.29. The number of hydrogen-bond acceptors (Lipinski definition) is 7. The first kappa shape index (κ1) is 24.8. The number of aliphatic carboxylic acids is 1. The Morgan fingerprint density at radius 1 is 1.11 bits per heavy atom. The van der Waals surface area contributed by atoms with Gasteiger partial charge in [0.2, 0.25) is 0 Å². The molecule has 4 aromatic rings. The van der Waals surface area contributed by atoms with E-state index in [9.17, 15) is 23.9 Å². The molecule has 0 aliphatic heterocycles. The molecule has 0 spiro atoms. The zero-order valence-corrected chi connectivity index (χ0v) is 20.3. The van der Waals surface area contributed by atoms with Crippen molar-refractivity contribution in [3.8, 4) is 5.75 Å². The molecule has 0 radical (unpaired) electrons. The van der Waals surface area contributed by atoms with Crippen molar-refractivity contribution in [2.45, 2.75) is 45.8 Å². The number of pyridine rings is 1. The number of carboxylic acids is 1. The fraction of sp³-hybridized carbons (Fsp3) is 0.259. The summed E-state index contributed by atoms with van der Waals surface area (Å²) in [6.07, 6.45) is -0.319. The summed E-state index contributed by atoms with van der Waals surface area (Å²) >= 11 is 0. The summed E-state index contributed by atoms with van der Waals surface area (Å²) in [6.45, 7) is 6.70. The summed E-state index contributed by atoms with van der Waals surface area (Å²) in [7, 11) is 0. The van der Waals surface area contributed by atoms with Crippen LogP contribution in [0.5, 0.6) is 5.75 Å². The molecule has 3 N–H and O–H groups in total. The minimum absolute atomic E-state index is 0.0272. The van der Waals surface area contributed by atoms with Crippen molar-refractivity contribution in [1.29, 1.82) is 0 Å². The minimum atomic E-state index is -1.57. The molecule has 1 atom stereocenters. The number of nitrogens with zero attached hydrogens (tertiary/aromatic N) is 1. The predicted octanol–water partition coefficient (Wildman–Crippen LogP) is 4.31. The van der Waals surface area contributed by atoms with Crippen molar-refractivity contribution in [2.75, 3.05) is 10.6 Å². The number of benzene rings is 2. The standard InChI is InChI=1S/C27H26FN3O5/c1-14(2)36-24-21(22(32)23(24)33)31-27(4,26(34)35)13-16-5-9-19(10-6-16)30-25-20-12-18(28)8-7-17(20)11-15(3)29-25/h5-12,14,31H,13H2,1-4H3,(H,29,30)(H,34,35). The largest absolute Gasteiger partial charge is 0.485 e. The van der Waals surface area contributed by atoms with Crippen LogP contribution in [0.3, 0.4) is 0 Å². The normalized spacial score (nSPS) is 13.1. The number of anilines is 3. The molecular formula is C27H26FN3O5. The average Bonchev–Trinajstić information content (AvgIpc) is 2.82. The first-order chi connectivity index (χ1) is 17.0. The Morgan fingerprint density at radius 2 is 1.81 bits per heavy atom. The molecule has 4 rings (SSSR count). The second kappa shape index (κ2) is 9.41. The van der Waals surface area contributed by atoms with Crippen molar-refractivity contribution >= 4 is 33.9 Å².